The van der Waals surface area contributed by atoms with Crippen molar-refractivity contribution in [2.24, 2.45) is 17.8 Å². The number of aliphatic imine (C=N–C) groups is 1. The molecule has 1 aliphatic rings. The predicted molar refractivity (Wildman–Crippen MR) is 112 cm³/mol. The van der Waals surface area contributed by atoms with Gasteiger partial charge in [0.2, 0.25) is 0 Å². The van der Waals surface area contributed by atoms with Crippen LogP contribution in [-0.2, 0) is 13.6 Å². The van der Waals surface area contributed by atoms with Crippen LogP contribution in [0.5, 0.6) is 5.75 Å². The third-order valence-corrected chi connectivity index (χ3v) is 4.56. The molecule has 0 spiro atoms. The first-order valence-electron chi connectivity index (χ1n) is 9.03. The minimum absolute atomic E-state index is 0.451. The van der Waals surface area contributed by atoms with Gasteiger partial charge in [0.1, 0.15) is 12.4 Å². The molecule has 28 heavy (non-hydrogen) atoms. The molecule has 2 N–H and O–H groups in total. The molecular formula is C22H21N5O. The van der Waals surface area contributed by atoms with E-state index in [2.05, 4.69) is 22.1 Å². The summed E-state index contributed by atoms with van der Waals surface area (Å²) >= 11 is 0. The maximum absolute atomic E-state index is 5.83. The molecule has 1 aromatic heterocycles. The van der Waals surface area contributed by atoms with Gasteiger partial charge in [0, 0.05) is 37.0 Å². The van der Waals surface area contributed by atoms with Crippen LogP contribution in [-0.4, -0.2) is 29.3 Å². The Balaban J connectivity index is 1.80. The lowest BCUT2D eigenvalue weighted by Crippen LogP contribution is -2.20. The van der Waals surface area contributed by atoms with Crippen molar-refractivity contribution in [2.45, 2.75) is 6.54 Å². The molecule has 0 fully saturated rings. The van der Waals surface area contributed by atoms with Gasteiger partial charge in [0.15, 0.2) is 0 Å². The van der Waals surface area contributed by atoms with Gasteiger partial charge in [0.25, 0.3) is 0 Å². The Hall–Kier alpha value is -3.56. The molecule has 0 bridgehead atoms. The van der Waals surface area contributed by atoms with Crippen LogP contribution < -0.4 is 15.4 Å². The Morgan fingerprint density at radius 1 is 1.21 bits per heavy atom. The number of benzene rings is 2. The molecule has 6 nitrogen and oxygen atoms in total. The van der Waals surface area contributed by atoms with E-state index in [-0.39, 0.29) is 0 Å². The number of aromatic nitrogens is 2. The Morgan fingerprint density at radius 2 is 2.11 bits per heavy atom. The molecule has 140 valence electrons. The number of fused-ring (bicyclic) bond motifs is 1. The van der Waals surface area contributed by atoms with Gasteiger partial charge in [-0.2, -0.15) is 5.10 Å². The average Bonchev–Trinajstić information content (AvgIpc) is 3.17. The fourth-order valence-corrected chi connectivity index (χ4v) is 3.25. The molecule has 0 saturated heterocycles. The Labute approximate surface area is 164 Å². The minimum Gasteiger partial charge on any atom is -0.492 e. The van der Waals surface area contributed by atoms with E-state index in [4.69, 9.17) is 16.9 Å². The Morgan fingerprint density at radius 3 is 2.86 bits per heavy atom. The highest BCUT2D eigenvalue weighted by Gasteiger charge is 2.18. The molecule has 0 atom stereocenters. The van der Waals surface area contributed by atoms with Crippen molar-refractivity contribution >= 4 is 17.7 Å². The molecule has 1 aliphatic heterocycles. The number of hydrogen-bond donors (Lipinski definition) is 1. The third-order valence-electron chi connectivity index (χ3n) is 4.56. The van der Waals surface area contributed by atoms with Gasteiger partial charge >= 0.3 is 0 Å². The number of nitrogens with two attached hydrogens (primary N) is 1. The maximum atomic E-state index is 5.83. The summed E-state index contributed by atoms with van der Waals surface area (Å²) in [6.07, 6.45) is 11.2. The zero-order chi connectivity index (χ0) is 19.5. The van der Waals surface area contributed by atoms with Gasteiger partial charge in [-0.15, -0.1) is 6.42 Å². The van der Waals surface area contributed by atoms with Crippen LogP contribution in [0.4, 0.5) is 11.4 Å². The topological polar surface area (TPSA) is 68.7 Å². The lowest BCUT2D eigenvalue weighted by molar-refractivity contribution is 0.328. The molecule has 0 aliphatic carbocycles. The summed E-state index contributed by atoms with van der Waals surface area (Å²) in [6, 6.07) is 12.1. The van der Waals surface area contributed by atoms with E-state index in [1.807, 2.05) is 61.0 Å². The smallest absolute Gasteiger partial charge is 0.122 e. The highest BCUT2D eigenvalue weighted by Crippen LogP contribution is 2.36. The van der Waals surface area contributed by atoms with Crippen molar-refractivity contribution < 1.29 is 4.74 Å². The zero-order valence-electron chi connectivity index (χ0n) is 15.7. The van der Waals surface area contributed by atoms with Crippen LogP contribution in [0.25, 0.3) is 11.1 Å². The number of terminal acetylenes is 1. The standard InChI is InChI=1S/C22H21N5O/c1-3-16-4-5-22-18(8-16)12-24-15-27(22)20-9-17(19-13-25-26(2)14-19)10-21(11-20)28-7-6-23/h1,4-5,8-11,13-15H,6-7,12,23H2,2H3. The molecular weight excluding hydrogens is 350 g/mol. The molecule has 2 aromatic carbocycles. The quantitative estimate of drug-likeness (QED) is 0.700. The normalized spacial score (nSPS) is 12.5. The van der Waals surface area contributed by atoms with Crippen LogP contribution >= 0.6 is 0 Å². The van der Waals surface area contributed by atoms with Crippen molar-refractivity contribution in [3.63, 3.8) is 0 Å². The summed E-state index contributed by atoms with van der Waals surface area (Å²) in [4.78, 5) is 6.55. The molecule has 0 amide bonds. The second-order valence-electron chi connectivity index (χ2n) is 6.57. The van der Waals surface area contributed by atoms with Crippen LogP contribution in [0.3, 0.4) is 0 Å². The average molecular weight is 371 g/mol. The van der Waals surface area contributed by atoms with Crippen molar-refractivity contribution in [2.75, 3.05) is 18.1 Å². The molecule has 3 aromatic rings. The van der Waals surface area contributed by atoms with Gasteiger partial charge < -0.3 is 15.4 Å². The van der Waals surface area contributed by atoms with Crippen molar-refractivity contribution in [1.82, 2.24) is 9.78 Å². The van der Waals surface area contributed by atoms with E-state index in [0.717, 1.165) is 39.4 Å². The Bertz CT molecular complexity index is 1080. The lowest BCUT2D eigenvalue weighted by Gasteiger charge is -2.27. The van der Waals surface area contributed by atoms with Gasteiger partial charge in [-0.3, -0.25) is 9.67 Å². The van der Waals surface area contributed by atoms with Crippen LogP contribution in [0.15, 0.2) is 53.8 Å². The van der Waals surface area contributed by atoms with Crippen molar-refractivity contribution in [3.05, 3.63) is 59.9 Å². The number of anilines is 2. The number of rotatable bonds is 5. The fourth-order valence-electron chi connectivity index (χ4n) is 3.25. The first-order valence-corrected chi connectivity index (χ1v) is 9.03. The molecule has 6 heteroatoms. The van der Waals surface area contributed by atoms with Gasteiger partial charge in [-0.05, 0) is 41.5 Å². The molecule has 0 saturated carbocycles. The van der Waals surface area contributed by atoms with Gasteiger partial charge in [0.05, 0.1) is 30.5 Å². The highest BCUT2D eigenvalue weighted by atomic mass is 16.5. The predicted octanol–water partition coefficient (Wildman–Crippen LogP) is 3.09. The summed E-state index contributed by atoms with van der Waals surface area (Å²) in [6.45, 7) is 1.52. The highest BCUT2D eigenvalue weighted by molar-refractivity contribution is 5.93. The monoisotopic (exact) mass is 371 g/mol. The van der Waals surface area contributed by atoms with E-state index in [1.54, 1.807) is 4.68 Å². The number of ether oxygens (including phenoxy) is 1. The second kappa shape index (κ2) is 7.59. The maximum Gasteiger partial charge on any atom is 0.122 e. The molecule has 4 rings (SSSR count). The second-order valence-corrected chi connectivity index (χ2v) is 6.57. The number of aryl methyl sites for hydroxylation is 1. The molecule has 0 radical (unpaired) electrons. The number of nitrogens with zero attached hydrogens (tertiary/aromatic N) is 4. The minimum atomic E-state index is 0.451. The van der Waals surface area contributed by atoms with E-state index in [1.165, 1.54) is 0 Å². The molecule has 2 heterocycles. The van der Waals surface area contributed by atoms with Crippen LogP contribution in [0.2, 0.25) is 0 Å². The summed E-state index contributed by atoms with van der Waals surface area (Å²) in [7, 11) is 1.90. The van der Waals surface area contributed by atoms with Crippen molar-refractivity contribution in [1.29, 1.82) is 0 Å². The summed E-state index contributed by atoms with van der Waals surface area (Å²) < 4.78 is 7.61. The van der Waals surface area contributed by atoms with Gasteiger partial charge in [-0.1, -0.05) is 5.92 Å². The SMILES string of the molecule is C#Cc1ccc2c(c1)CN=CN2c1cc(OCCN)cc(-c2cnn(C)c2)c1. The first kappa shape index (κ1) is 17.8. The summed E-state index contributed by atoms with van der Waals surface area (Å²) in [5.41, 5.74) is 11.6. The fraction of sp³-hybridized carbons (Fsp3) is 0.182. The largest absolute Gasteiger partial charge is 0.492 e. The zero-order valence-corrected chi connectivity index (χ0v) is 15.7. The van der Waals surface area contributed by atoms with E-state index in [9.17, 15) is 0 Å². The number of hydrogen-bond acceptors (Lipinski definition) is 5. The summed E-state index contributed by atoms with van der Waals surface area (Å²) in [5.74, 6) is 3.44. The van der Waals surface area contributed by atoms with Gasteiger partial charge in [-0.25, -0.2) is 0 Å². The third kappa shape index (κ3) is 3.48. The van der Waals surface area contributed by atoms with Crippen LogP contribution in [0, 0.1) is 12.3 Å². The Kier molecular flexibility index (Phi) is 4.83. The first-order chi connectivity index (χ1) is 13.7. The van der Waals surface area contributed by atoms with E-state index in [0.29, 0.717) is 19.7 Å². The molecule has 0 unspecified atom stereocenters. The van der Waals surface area contributed by atoms with Crippen molar-refractivity contribution in [3.8, 4) is 29.2 Å². The lowest BCUT2D eigenvalue weighted by atomic mass is 10.0. The van der Waals surface area contributed by atoms with E-state index >= 15 is 0 Å². The van der Waals surface area contributed by atoms with E-state index < -0.39 is 0 Å². The summed E-state index contributed by atoms with van der Waals surface area (Å²) in [5, 5.41) is 4.28. The van der Waals surface area contributed by atoms with Crippen LogP contribution in [0.1, 0.15) is 11.1 Å².